The van der Waals surface area contributed by atoms with Gasteiger partial charge >= 0.3 is 0 Å². The predicted molar refractivity (Wildman–Crippen MR) is 63.1 cm³/mol. The summed E-state index contributed by atoms with van der Waals surface area (Å²) in [4.78, 5) is 11.9. The highest BCUT2D eigenvalue weighted by atomic mass is 16.5. The molecule has 1 rings (SSSR count). The number of hydrogen-bond acceptors (Lipinski definition) is 3. The van der Waals surface area contributed by atoms with Crippen molar-refractivity contribution in [2.45, 2.75) is 19.8 Å². The van der Waals surface area contributed by atoms with E-state index in [1.54, 1.807) is 13.2 Å². The van der Waals surface area contributed by atoms with Gasteiger partial charge in [0.2, 0.25) is 0 Å². The molecule has 88 valence electrons. The highest BCUT2D eigenvalue weighted by molar-refractivity contribution is 5.98. The van der Waals surface area contributed by atoms with E-state index >= 15 is 0 Å². The first-order valence-electron chi connectivity index (χ1n) is 5.53. The van der Waals surface area contributed by atoms with Crippen molar-refractivity contribution in [2.24, 2.45) is 0 Å². The first-order valence-corrected chi connectivity index (χ1v) is 5.53. The third-order valence-corrected chi connectivity index (χ3v) is 2.24. The monoisotopic (exact) mass is 222 g/mol. The normalized spacial score (nSPS) is 10.1. The minimum Gasteiger partial charge on any atom is -0.493 e. The molecule has 0 aliphatic heterocycles. The van der Waals surface area contributed by atoms with E-state index < -0.39 is 0 Å². The van der Waals surface area contributed by atoms with Gasteiger partial charge in [-0.15, -0.1) is 0 Å². The Bertz CT molecular complexity index is 334. The van der Waals surface area contributed by atoms with E-state index in [1.807, 2.05) is 25.1 Å². The summed E-state index contributed by atoms with van der Waals surface area (Å²) >= 11 is 0. The van der Waals surface area contributed by atoms with E-state index in [0.717, 1.165) is 6.42 Å². The average Bonchev–Trinajstić information content (AvgIpc) is 2.30. The van der Waals surface area contributed by atoms with Crippen LogP contribution >= 0.6 is 0 Å². The molecule has 0 N–H and O–H groups in total. The van der Waals surface area contributed by atoms with Crippen LogP contribution in [0.4, 0.5) is 0 Å². The Hall–Kier alpha value is -1.35. The SMILES string of the molecule is CCOc1ccccc1C(=O)CCCOC. The minimum absolute atomic E-state index is 0.112. The van der Waals surface area contributed by atoms with Gasteiger partial charge in [-0.05, 0) is 25.5 Å². The number of ether oxygens (including phenoxy) is 2. The molecule has 3 nitrogen and oxygen atoms in total. The molecule has 0 saturated heterocycles. The van der Waals surface area contributed by atoms with Crippen LogP contribution in [0, 0.1) is 0 Å². The topological polar surface area (TPSA) is 35.5 Å². The number of hydrogen-bond donors (Lipinski definition) is 0. The van der Waals surface area contributed by atoms with Gasteiger partial charge in [-0.2, -0.15) is 0 Å². The fourth-order valence-electron chi connectivity index (χ4n) is 1.49. The molecule has 0 aliphatic carbocycles. The Kier molecular flexibility index (Phi) is 5.57. The fraction of sp³-hybridized carbons (Fsp3) is 0.462. The van der Waals surface area contributed by atoms with E-state index in [1.165, 1.54) is 0 Å². The van der Waals surface area contributed by atoms with Crippen LogP contribution in [0.2, 0.25) is 0 Å². The fourth-order valence-corrected chi connectivity index (χ4v) is 1.49. The Morgan fingerprint density at radius 2 is 2.06 bits per heavy atom. The molecule has 16 heavy (non-hydrogen) atoms. The third-order valence-electron chi connectivity index (χ3n) is 2.24. The molecular formula is C13H18O3. The molecule has 1 aromatic carbocycles. The number of para-hydroxylation sites is 1. The van der Waals surface area contributed by atoms with Crippen LogP contribution in [-0.2, 0) is 4.74 Å². The Balaban J connectivity index is 2.66. The van der Waals surface area contributed by atoms with Crippen LogP contribution in [0.25, 0.3) is 0 Å². The Morgan fingerprint density at radius 1 is 1.31 bits per heavy atom. The maximum absolute atomic E-state index is 11.9. The number of ketones is 1. The van der Waals surface area contributed by atoms with Crippen molar-refractivity contribution < 1.29 is 14.3 Å². The van der Waals surface area contributed by atoms with Crippen molar-refractivity contribution in [2.75, 3.05) is 20.3 Å². The van der Waals surface area contributed by atoms with Gasteiger partial charge in [0.1, 0.15) is 5.75 Å². The first kappa shape index (κ1) is 12.7. The smallest absolute Gasteiger partial charge is 0.166 e. The lowest BCUT2D eigenvalue weighted by atomic mass is 10.1. The zero-order valence-corrected chi connectivity index (χ0v) is 9.86. The van der Waals surface area contributed by atoms with Crippen molar-refractivity contribution in [3.63, 3.8) is 0 Å². The highest BCUT2D eigenvalue weighted by Crippen LogP contribution is 2.20. The summed E-state index contributed by atoms with van der Waals surface area (Å²) in [6.45, 7) is 3.09. The highest BCUT2D eigenvalue weighted by Gasteiger charge is 2.10. The molecule has 1 aromatic rings. The van der Waals surface area contributed by atoms with Crippen LogP contribution in [0.1, 0.15) is 30.1 Å². The Morgan fingerprint density at radius 3 is 2.75 bits per heavy atom. The van der Waals surface area contributed by atoms with E-state index in [-0.39, 0.29) is 5.78 Å². The second-order valence-electron chi connectivity index (χ2n) is 3.45. The lowest BCUT2D eigenvalue weighted by Gasteiger charge is -2.08. The summed E-state index contributed by atoms with van der Waals surface area (Å²) in [5, 5.41) is 0. The zero-order valence-electron chi connectivity index (χ0n) is 9.86. The van der Waals surface area contributed by atoms with Gasteiger partial charge in [0.25, 0.3) is 0 Å². The number of carbonyl (C=O) groups is 1. The van der Waals surface area contributed by atoms with Gasteiger partial charge in [0.05, 0.1) is 12.2 Å². The molecule has 0 fully saturated rings. The second kappa shape index (κ2) is 7.01. The van der Waals surface area contributed by atoms with Crippen LogP contribution < -0.4 is 4.74 Å². The number of methoxy groups -OCH3 is 1. The van der Waals surface area contributed by atoms with Gasteiger partial charge in [0.15, 0.2) is 5.78 Å². The van der Waals surface area contributed by atoms with Crippen molar-refractivity contribution >= 4 is 5.78 Å². The molecule has 0 aliphatic rings. The van der Waals surface area contributed by atoms with Gasteiger partial charge in [-0.1, -0.05) is 12.1 Å². The summed E-state index contributed by atoms with van der Waals surface area (Å²) in [7, 11) is 1.64. The molecule has 0 bridgehead atoms. The molecular weight excluding hydrogens is 204 g/mol. The molecule has 0 spiro atoms. The summed E-state index contributed by atoms with van der Waals surface area (Å²) in [6, 6.07) is 7.36. The van der Waals surface area contributed by atoms with Gasteiger partial charge in [-0.3, -0.25) is 4.79 Å². The van der Waals surface area contributed by atoms with Crippen LogP contribution in [-0.4, -0.2) is 26.1 Å². The minimum atomic E-state index is 0.112. The molecule has 0 aromatic heterocycles. The van der Waals surface area contributed by atoms with Crippen molar-refractivity contribution in [3.8, 4) is 5.75 Å². The summed E-state index contributed by atoms with van der Waals surface area (Å²) in [6.07, 6.45) is 1.24. The Labute approximate surface area is 96.4 Å². The van der Waals surface area contributed by atoms with E-state index in [0.29, 0.717) is 30.9 Å². The molecule has 0 heterocycles. The third kappa shape index (κ3) is 3.66. The molecule has 0 radical (unpaired) electrons. The number of Topliss-reactive ketones (excluding diaryl/α,β-unsaturated/α-hetero) is 1. The quantitative estimate of drug-likeness (QED) is 0.525. The van der Waals surface area contributed by atoms with Crippen molar-refractivity contribution in [1.29, 1.82) is 0 Å². The van der Waals surface area contributed by atoms with Gasteiger partial charge in [0, 0.05) is 20.1 Å². The number of rotatable bonds is 7. The molecule has 0 saturated carbocycles. The molecule has 0 amide bonds. The lowest BCUT2D eigenvalue weighted by molar-refractivity contribution is 0.0959. The van der Waals surface area contributed by atoms with E-state index in [4.69, 9.17) is 9.47 Å². The molecule has 0 atom stereocenters. The van der Waals surface area contributed by atoms with Crippen molar-refractivity contribution in [3.05, 3.63) is 29.8 Å². The summed E-state index contributed by atoms with van der Waals surface area (Å²) in [5.41, 5.74) is 0.667. The number of benzene rings is 1. The lowest BCUT2D eigenvalue weighted by Crippen LogP contribution is -2.05. The van der Waals surface area contributed by atoms with Crippen LogP contribution in [0.15, 0.2) is 24.3 Å². The molecule has 3 heteroatoms. The van der Waals surface area contributed by atoms with Crippen LogP contribution in [0.5, 0.6) is 5.75 Å². The van der Waals surface area contributed by atoms with E-state index in [2.05, 4.69) is 0 Å². The van der Waals surface area contributed by atoms with Crippen LogP contribution in [0.3, 0.4) is 0 Å². The van der Waals surface area contributed by atoms with Gasteiger partial charge in [-0.25, -0.2) is 0 Å². The van der Waals surface area contributed by atoms with Crippen molar-refractivity contribution in [1.82, 2.24) is 0 Å². The summed E-state index contributed by atoms with van der Waals surface area (Å²) < 4.78 is 10.3. The molecule has 0 unspecified atom stereocenters. The summed E-state index contributed by atoms with van der Waals surface area (Å²) in [5.74, 6) is 0.786. The maximum Gasteiger partial charge on any atom is 0.166 e. The predicted octanol–water partition coefficient (Wildman–Crippen LogP) is 2.69. The van der Waals surface area contributed by atoms with Gasteiger partial charge < -0.3 is 9.47 Å². The average molecular weight is 222 g/mol. The maximum atomic E-state index is 11.9. The van der Waals surface area contributed by atoms with E-state index in [9.17, 15) is 4.79 Å². The first-order chi connectivity index (χ1) is 7.79. The second-order valence-corrected chi connectivity index (χ2v) is 3.45. The number of carbonyl (C=O) groups excluding carboxylic acids is 1. The largest absolute Gasteiger partial charge is 0.493 e. The zero-order chi connectivity index (χ0) is 11.8. The standard InChI is InChI=1S/C13H18O3/c1-3-16-13-9-5-4-7-11(13)12(14)8-6-10-15-2/h4-5,7,9H,3,6,8,10H2,1-2H3.